The van der Waals surface area contributed by atoms with Crippen LogP contribution < -0.4 is 0 Å². The van der Waals surface area contributed by atoms with Gasteiger partial charge < -0.3 is 9.84 Å². The summed E-state index contributed by atoms with van der Waals surface area (Å²) in [6, 6.07) is 0. The van der Waals surface area contributed by atoms with Crippen molar-refractivity contribution in [1.82, 2.24) is 4.31 Å². The normalized spacial score (nSPS) is 25.0. The van der Waals surface area contributed by atoms with Gasteiger partial charge in [0.15, 0.2) is 0 Å². The molecule has 0 aromatic carbocycles. The summed E-state index contributed by atoms with van der Waals surface area (Å²) in [4.78, 5) is 21.8. The van der Waals surface area contributed by atoms with Crippen LogP contribution in [0.5, 0.6) is 0 Å². The molecule has 0 spiro atoms. The van der Waals surface area contributed by atoms with Crippen LogP contribution in [0.3, 0.4) is 0 Å². The molecule has 18 heavy (non-hydrogen) atoms. The van der Waals surface area contributed by atoms with Gasteiger partial charge in [0.1, 0.15) is 0 Å². The number of hydrogen-bond acceptors (Lipinski definition) is 5. The molecule has 104 valence electrons. The van der Waals surface area contributed by atoms with Crippen molar-refractivity contribution in [3.63, 3.8) is 0 Å². The molecule has 0 bridgehead atoms. The predicted molar refractivity (Wildman–Crippen MR) is 62.3 cm³/mol. The van der Waals surface area contributed by atoms with Crippen LogP contribution in [0.25, 0.3) is 0 Å². The van der Waals surface area contributed by atoms with E-state index in [1.54, 1.807) is 6.92 Å². The van der Waals surface area contributed by atoms with E-state index in [0.29, 0.717) is 0 Å². The second-order valence-corrected chi connectivity index (χ2v) is 6.47. The summed E-state index contributed by atoms with van der Waals surface area (Å²) >= 11 is 0. The molecule has 0 aromatic heterocycles. The highest BCUT2D eigenvalue weighted by Gasteiger charge is 2.39. The summed E-state index contributed by atoms with van der Waals surface area (Å²) in [6.07, 6.45) is -0.221. The summed E-state index contributed by atoms with van der Waals surface area (Å²) in [5.41, 5.74) is 0. The van der Waals surface area contributed by atoms with Crippen molar-refractivity contribution >= 4 is 22.0 Å². The van der Waals surface area contributed by atoms with Crippen LogP contribution in [0, 0.1) is 11.8 Å². The number of ether oxygens (including phenoxy) is 1. The van der Waals surface area contributed by atoms with Gasteiger partial charge in [-0.15, -0.1) is 0 Å². The molecular weight excluding hydrogens is 262 g/mol. The number of methoxy groups -OCH3 is 1. The monoisotopic (exact) mass is 279 g/mol. The molecule has 1 rings (SSSR count). The quantitative estimate of drug-likeness (QED) is 0.683. The lowest BCUT2D eigenvalue weighted by atomic mass is 9.99. The van der Waals surface area contributed by atoms with E-state index in [9.17, 15) is 18.0 Å². The Morgan fingerprint density at radius 2 is 2.00 bits per heavy atom. The molecule has 7 nitrogen and oxygen atoms in total. The smallest absolute Gasteiger partial charge is 0.308 e. The molecule has 0 aromatic rings. The highest BCUT2D eigenvalue weighted by molar-refractivity contribution is 7.89. The van der Waals surface area contributed by atoms with Gasteiger partial charge in [0, 0.05) is 13.1 Å². The third kappa shape index (κ3) is 3.42. The Balaban J connectivity index is 2.65. The van der Waals surface area contributed by atoms with Crippen molar-refractivity contribution in [1.29, 1.82) is 0 Å². The van der Waals surface area contributed by atoms with E-state index >= 15 is 0 Å². The average molecular weight is 279 g/mol. The van der Waals surface area contributed by atoms with Gasteiger partial charge in [-0.25, -0.2) is 12.7 Å². The lowest BCUT2D eigenvalue weighted by Crippen LogP contribution is -2.32. The zero-order valence-electron chi connectivity index (χ0n) is 10.3. The Kier molecular flexibility index (Phi) is 4.69. The van der Waals surface area contributed by atoms with E-state index in [1.807, 2.05) is 0 Å². The van der Waals surface area contributed by atoms with Gasteiger partial charge in [-0.3, -0.25) is 9.59 Å². The molecular formula is C10H17NO6S. The molecule has 2 atom stereocenters. The zero-order chi connectivity index (χ0) is 13.9. The van der Waals surface area contributed by atoms with Crippen molar-refractivity contribution in [2.75, 3.05) is 26.0 Å². The average Bonchev–Trinajstić information content (AvgIpc) is 2.69. The molecule has 0 saturated carbocycles. The summed E-state index contributed by atoms with van der Waals surface area (Å²) < 4.78 is 29.3. The molecule has 1 heterocycles. The molecule has 1 aliphatic rings. The van der Waals surface area contributed by atoms with Gasteiger partial charge in [0.25, 0.3) is 0 Å². The molecule has 8 heteroatoms. The summed E-state index contributed by atoms with van der Waals surface area (Å²) in [7, 11) is -2.41. The maximum absolute atomic E-state index is 11.9. The van der Waals surface area contributed by atoms with Crippen molar-refractivity contribution in [3.8, 4) is 0 Å². The topological polar surface area (TPSA) is 101 Å². The Hall–Kier alpha value is -1.15. The first-order chi connectivity index (χ1) is 8.27. The minimum absolute atomic E-state index is 0.0278. The molecule has 1 saturated heterocycles. The number of carbonyl (C=O) groups is 2. The molecule has 1 fully saturated rings. The number of nitrogens with zero attached hydrogens (tertiary/aromatic N) is 1. The van der Waals surface area contributed by atoms with Crippen molar-refractivity contribution in [2.24, 2.45) is 11.8 Å². The Morgan fingerprint density at radius 1 is 1.39 bits per heavy atom. The Morgan fingerprint density at radius 3 is 2.44 bits per heavy atom. The van der Waals surface area contributed by atoms with Crippen molar-refractivity contribution in [3.05, 3.63) is 0 Å². The first-order valence-electron chi connectivity index (χ1n) is 5.55. The van der Waals surface area contributed by atoms with Crippen LogP contribution >= 0.6 is 0 Å². The fourth-order valence-corrected chi connectivity index (χ4v) is 3.45. The molecule has 0 radical (unpaired) electrons. The number of sulfonamides is 1. The highest BCUT2D eigenvalue weighted by Crippen LogP contribution is 2.25. The first kappa shape index (κ1) is 14.9. The second-order valence-electron chi connectivity index (χ2n) is 4.38. The minimum Gasteiger partial charge on any atom is -0.481 e. The van der Waals surface area contributed by atoms with Gasteiger partial charge >= 0.3 is 11.9 Å². The maximum Gasteiger partial charge on any atom is 0.308 e. The predicted octanol–water partition coefficient (Wildman–Crippen LogP) is -0.468. The Bertz CT molecular complexity index is 432. The van der Waals surface area contributed by atoms with Crippen LogP contribution in [0.1, 0.15) is 13.3 Å². The van der Waals surface area contributed by atoms with Gasteiger partial charge in [-0.05, 0) is 5.92 Å². The first-order valence-corrected chi connectivity index (χ1v) is 7.16. The summed E-state index contributed by atoms with van der Waals surface area (Å²) in [6.45, 7) is 1.86. The second kappa shape index (κ2) is 5.66. The van der Waals surface area contributed by atoms with E-state index in [0.717, 1.165) is 4.31 Å². The number of hydrogen-bond donors (Lipinski definition) is 1. The molecule has 0 unspecified atom stereocenters. The number of carboxylic acid groups (broad SMARTS) is 1. The van der Waals surface area contributed by atoms with Crippen molar-refractivity contribution in [2.45, 2.75) is 13.3 Å². The third-order valence-corrected chi connectivity index (χ3v) is 4.89. The van der Waals surface area contributed by atoms with Crippen LogP contribution in [-0.2, 0) is 24.3 Å². The van der Waals surface area contributed by atoms with E-state index in [4.69, 9.17) is 5.11 Å². The van der Waals surface area contributed by atoms with E-state index in [1.165, 1.54) is 7.11 Å². The van der Waals surface area contributed by atoms with E-state index in [2.05, 4.69) is 4.74 Å². The largest absolute Gasteiger partial charge is 0.481 e. The molecule has 0 aliphatic carbocycles. The maximum atomic E-state index is 11.9. The third-order valence-electron chi connectivity index (χ3n) is 3.08. The van der Waals surface area contributed by atoms with E-state index in [-0.39, 0.29) is 31.2 Å². The molecule has 1 aliphatic heterocycles. The van der Waals surface area contributed by atoms with E-state index < -0.39 is 27.9 Å². The highest BCUT2D eigenvalue weighted by atomic mass is 32.2. The number of esters is 1. The fourth-order valence-electron chi connectivity index (χ4n) is 1.91. The SMILES string of the molecule is COC(=O)CCS(=O)(=O)N1C[C@@H](C)[C@H](C(=O)O)C1. The van der Waals surface area contributed by atoms with Gasteiger partial charge in [0.2, 0.25) is 10.0 Å². The van der Waals surface area contributed by atoms with Crippen LogP contribution in [0.2, 0.25) is 0 Å². The minimum atomic E-state index is -3.60. The lowest BCUT2D eigenvalue weighted by molar-refractivity contribution is -0.142. The Labute approximate surface area is 106 Å². The number of rotatable bonds is 5. The van der Waals surface area contributed by atoms with Crippen LogP contribution in [0.15, 0.2) is 0 Å². The van der Waals surface area contributed by atoms with Crippen molar-refractivity contribution < 1.29 is 27.9 Å². The zero-order valence-corrected chi connectivity index (χ0v) is 11.1. The van der Waals surface area contributed by atoms with Gasteiger partial charge in [-0.2, -0.15) is 0 Å². The fraction of sp³-hybridized carbons (Fsp3) is 0.800. The number of carbonyl (C=O) groups excluding carboxylic acids is 1. The molecule has 0 amide bonds. The number of carboxylic acids is 1. The summed E-state index contributed by atoms with van der Waals surface area (Å²) in [5.74, 6) is -2.85. The van der Waals surface area contributed by atoms with Gasteiger partial charge in [0.05, 0.1) is 25.2 Å². The standard InChI is InChI=1S/C10H17NO6S/c1-7-5-11(6-8(7)10(13)14)18(15,16)4-3-9(12)17-2/h7-8H,3-6H2,1-2H3,(H,13,14)/t7-,8-/m1/s1. The van der Waals surface area contributed by atoms with Crippen LogP contribution in [0.4, 0.5) is 0 Å². The lowest BCUT2D eigenvalue weighted by Gasteiger charge is -2.15. The van der Waals surface area contributed by atoms with Gasteiger partial charge in [-0.1, -0.05) is 6.92 Å². The summed E-state index contributed by atoms with van der Waals surface area (Å²) in [5, 5.41) is 8.93. The molecule has 1 N–H and O–H groups in total. The van der Waals surface area contributed by atoms with Crippen LogP contribution in [-0.4, -0.2) is 55.7 Å². The number of aliphatic carboxylic acids is 1.